The first kappa shape index (κ1) is 40.9. The predicted octanol–water partition coefficient (Wildman–Crippen LogP) is 5.07. The van der Waals surface area contributed by atoms with Crippen LogP contribution in [0.5, 0.6) is 0 Å². The number of rotatable bonds is 16. The second-order valence-corrected chi connectivity index (χ2v) is 16.5. The standard InChI is InChI=1S/C39H68N6O4/c1-9-30-28(5)26(3)27(4)29-17-12-11-13-22-39(25-29,44-30)34(47)32(18-16-23-41-36(40)49)43-35(48)31(10-2)45-38(20-14-15-21-38)33(46)19-24-42-37(6,7)8/h9-10,26-32,42,44-45H,1-2,11-25H2,3-8H3,(H,43,48)(H3,40,41,49)/t26-,27-,28-,29-,30?,31+,32+,39?/m1/s1. The highest BCUT2D eigenvalue weighted by Crippen LogP contribution is 2.43. The Morgan fingerprint density at radius 1 is 0.939 bits per heavy atom. The Labute approximate surface area is 296 Å². The number of nitrogens with two attached hydrogens (primary N) is 1. The minimum Gasteiger partial charge on any atom is -0.352 e. The van der Waals surface area contributed by atoms with Crippen LogP contribution in [0.2, 0.25) is 0 Å². The van der Waals surface area contributed by atoms with E-state index in [1.54, 1.807) is 6.08 Å². The molecular formula is C39H68N6O4. The molecule has 0 aromatic heterocycles. The van der Waals surface area contributed by atoms with E-state index in [-0.39, 0.29) is 35.0 Å². The Morgan fingerprint density at radius 3 is 2.22 bits per heavy atom. The fourth-order valence-corrected chi connectivity index (χ4v) is 8.68. The molecule has 3 aliphatic rings. The number of fused-ring (bicyclic) bond motifs is 2. The maximum absolute atomic E-state index is 15.1. The van der Waals surface area contributed by atoms with Crippen molar-refractivity contribution in [2.75, 3.05) is 13.1 Å². The molecule has 0 radical (unpaired) electrons. The molecule has 2 bridgehead atoms. The average Bonchev–Trinajstić information content (AvgIpc) is 3.52. The van der Waals surface area contributed by atoms with Crippen molar-refractivity contribution in [3.8, 4) is 0 Å². The van der Waals surface area contributed by atoms with Crippen LogP contribution in [0.25, 0.3) is 0 Å². The second kappa shape index (κ2) is 18.1. The van der Waals surface area contributed by atoms with Gasteiger partial charge in [0.15, 0.2) is 11.6 Å². The van der Waals surface area contributed by atoms with Gasteiger partial charge in [-0.2, -0.15) is 0 Å². The van der Waals surface area contributed by atoms with E-state index in [0.717, 1.165) is 38.5 Å². The summed E-state index contributed by atoms with van der Waals surface area (Å²) in [6, 6.07) is -2.34. The number of hydrogen-bond acceptors (Lipinski definition) is 7. The van der Waals surface area contributed by atoms with Gasteiger partial charge in [0.05, 0.1) is 17.1 Å². The van der Waals surface area contributed by atoms with Crippen molar-refractivity contribution in [1.82, 2.24) is 26.6 Å². The molecule has 2 saturated carbocycles. The van der Waals surface area contributed by atoms with E-state index in [1.165, 1.54) is 0 Å². The Balaban J connectivity index is 1.91. The third kappa shape index (κ3) is 11.0. The number of primary amides is 1. The van der Waals surface area contributed by atoms with Crippen LogP contribution in [-0.4, -0.2) is 71.3 Å². The van der Waals surface area contributed by atoms with Gasteiger partial charge in [0.1, 0.15) is 6.04 Å². The van der Waals surface area contributed by atoms with E-state index >= 15 is 4.79 Å². The largest absolute Gasteiger partial charge is 0.352 e. The van der Waals surface area contributed by atoms with Crippen LogP contribution in [-0.2, 0) is 14.4 Å². The fraction of sp³-hybridized carbons (Fsp3) is 0.795. The summed E-state index contributed by atoms with van der Waals surface area (Å²) in [5, 5.41) is 16.4. The highest BCUT2D eigenvalue weighted by atomic mass is 16.2. The highest BCUT2D eigenvalue weighted by Gasteiger charge is 2.49. The number of carbonyl (C=O) groups excluding carboxylic acids is 4. The molecule has 1 heterocycles. The van der Waals surface area contributed by atoms with Gasteiger partial charge in [-0.05, 0) is 83.0 Å². The van der Waals surface area contributed by atoms with Crippen molar-refractivity contribution in [3.05, 3.63) is 25.3 Å². The summed E-state index contributed by atoms with van der Waals surface area (Å²) in [4.78, 5) is 54.3. The van der Waals surface area contributed by atoms with E-state index in [0.29, 0.717) is 75.8 Å². The van der Waals surface area contributed by atoms with Crippen LogP contribution in [0.4, 0.5) is 4.79 Å². The number of ketones is 2. The van der Waals surface area contributed by atoms with Gasteiger partial charge in [-0.3, -0.25) is 25.0 Å². The fourth-order valence-electron chi connectivity index (χ4n) is 8.68. The summed E-state index contributed by atoms with van der Waals surface area (Å²) in [6.07, 6.45) is 13.4. The molecule has 278 valence electrons. The molecule has 1 saturated heterocycles. The molecule has 3 fully saturated rings. The number of amides is 3. The summed E-state index contributed by atoms with van der Waals surface area (Å²) in [5.74, 6) is 1.25. The average molecular weight is 685 g/mol. The molecule has 1 aliphatic heterocycles. The van der Waals surface area contributed by atoms with Gasteiger partial charge >= 0.3 is 6.03 Å². The number of carbonyl (C=O) groups is 4. The Kier molecular flexibility index (Phi) is 15.1. The van der Waals surface area contributed by atoms with Gasteiger partial charge in [-0.15, -0.1) is 13.2 Å². The lowest BCUT2D eigenvalue weighted by atomic mass is 9.64. The van der Waals surface area contributed by atoms with Gasteiger partial charge in [0.2, 0.25) is 5.91 Å². The second-order valence-electron chi connectivity index (χ2n) is 16.5. The number of urea groups is 1. The lowest BCUT2D eigenvalue weighted by molar-refractivity contribution is -0.135. The zero-order valence-electron chi connectivity index (χ0n) is 31.4. The quantitative estimate of drug-likeness (QED) is 0.0981. The first-order chi connectivity index (χ1) is 23.1. The zero-order valence-corrected chi connectivity index (χ0v) is 31.4. The van der Waals surface area contributed by atoms with Gasteiger partial charge in [-0.25, -0.2) is 4.79 Å². The van der Waals surface area contributed by atoms with Gasteiger partial charge in [0.25, 0.3) is 0 Å². The molecule has 49 heavy (non-hydrogen) atoms. The number of nitrogens with one attached hydrogen (secondary N) is 5. The van der Waals surface area contributed by atoms with Crippen LogP contribution in [0, 0.1) is 23.7 Å². The summed E-state index contributed by atoms with van der Waals surface area (Å²) in [6.45, 7) is 22.1. The maximum atomic E-state index is 15.1. The third-order valence-corrected chi connectivity index (χ3v) is 12.0. The molecule has 3 amide bonds. The van der Waals surface area contributed by atoms with E-state index in [2.05, 4.69) is 81.3 Å². The molecular weight excluding hydrogens is 616 g/mol. The number of Topliss-reactive ketones (excluding diaryl/α,β-unsaturated/α-hetero) is 2. The topological polar surface area (TPSA) is 154 Å². The third-order valence-electron chi connectivity index (χ3n) is 12.0. The lowest BCUT2D eigenvalue weighted by Crippen LogP contribution is -2.66. The predicted molar refractivity (Wildman–Crippen MR) is 198 cm³/mol. The zero-order chi connectivity index (χ0) is 36.4. The molecule has 0 aromatic carbocycles. The monoisotopic (exact) mass is 685 g/mol. The lowest BCUT2D eigenvalue weighted by Gasteiger charge is -2.49. The Bertz CT molecular complexity index is 1160. The number of hydrogen-bond donors (Lipinski definition) is 6. The molecule has 10 nitrogen and oxygen atoms in total. The minimum atomic E-state index is -0.855. The van der Waals surface area contributed by atoms with Crippen LogP contribution in [0.3, 0.4) is 0 Å². The maximum Gasteiger partial charge on any atom is 0.312 e. The molecule has 2 unspecified atom stereocenters. The van der Waals surface area contributed by atoms with Gasteiger partial charge < -0.3 is 21.7 Å². The van der Waals surface area contributed by atoms with Crippen LogP contribution < -0.4 is 32.3 Å². The summed E-state index contributed by atoms with van der Waals surface area (Å²) < 4.78 is 0. The van der Waals surface area contributed by atoms with E-state index < -0.39 is 29.2 Å². The van der Waals surface area contributed by atoms with E-state index in [1.807, 2.05) is 6.08 Å². The van der Waals surface area contributed by atoms with Crippen molar-refractivity contribution in [3.63, 3.8) is 0 Å². The molecule has 10 heteroatoms. The Hall–Kier alpha value is -2.56. The van der Waals surface area contributed by atoms with Crippen LogP contribution >= 0.6 is 0 Å². The SMILES string of the molecule is C=CC1NC2(C(=O)[C@H](CCCNC(N)=O)NC(=O)[C@H](C=C)NC3(C(=O)CCNC(C)(C)C)CCCC3)CCCCC[C@H](C2)[C@H](C)[C@@H](C)[C@H]1C. The van der Waals surface area contributed by atoms with Crippen molar-refractivity contribution < 1.29 is 19.2 Å². The van der Waals surface area contributed by atoms with Crippen molar-refractivity contribution in [2.45, 2.75) is 160 Å². The smallest absolute Gasteiger partial charge is 0.312 e. The van der Waals surface area contributed by atoms with Crippen molar-refractivity contribution in [2.24, 2.45) is 29.4 Å². The van der Waals surface area contributed by atoms with E-state index in [4.69, 9.17) is 5.73 Å². The van der Waals surface area contributed by atoms with E-state index in [9.17, 15) is 14.4 Å². The van der Waals surface area contributed by atoms with Crippen LogP contribution in [0.15, 0.2) is 25.3 Å². The van der Waals surface area contributed by atoms with Gasteiger partial charge in [-0.1, -0.05) is 71.4 Å². The summed E-state index contributed by atoms with van der Waals surface area (Å²) in [7, 11) is 0. The molecule has 0 spiro atoms. The molecule has 7 N–H and O–H groups in total. The normalized spacial score (nSPS) is 30.0. The van der Waals surface area contributed by atoms with Gasteiger partial charge in [0, 0.05) is 31.1 Å². The minimum absolute atomic E-state index is 0.0182. The van der Waals surface area contributed by atoms with Crippen LogP contribution in [0.1, 0.15) is 125 Å². The molecule has 2 aliphatic carbocycles. The summed E-state index contributed by atoms with van der Waals surface area (Å²) >= 11 is 0. The highest BCUT2D eigenvalue weighted by molar-refractivity contribution is 5.97. The van der Waals surface area contributed by atoms with Crippen molar-refractivity contribution in [1.29, 1.82) is 0 Å². The Morgan fingerprint density at radius 2 is 1.61 bits per heavy atom. The summed E-state index contributed by atoms with van der Waals surface area (Å²) in [5.41, 5.74) is 3.59. The molecule has 0 aromatic rings. The first-order valence-corrected chi connectivity index (χ1v) is 19.0. The molecule has 8 atom stereocenters. The first-order valence-electron chi connectivity index (χ1n) is 19.0. The molecule has 3 rings (SSSR count). The van der Waals surface area contributed by atoms with Crippen molar-refractivity contribution >= 4 is 23.5 Å².